The van der Waals surface area contributed by atoms with Gasteiger partial charge >= 0.3 is 18.0 Å². The Balaban J connectivity index is 1.04. The number of aliphatic hydroxyl groups is 1. The Kier molecular flexibility index (Phi) is 17.3. The van der Waals surface area contributed by atoms with Crippen molar-refractivity contribution in [3.8, 4) is 0 Å². The highest BCUT2D eigenvalue weighted by molar-refractivity contribution is 5.90. The predicted octanol–water partition coefficient (Wildman–Crippen LogP) is 7.47. The number of ether oxygens (including phenoxy) is 10. The van der Waals surface area contributed by atoms with Crippen LogP contribution in [0.2, 0.25) is 0 Å². The topological polar surface area (TPSA) is 176 Å². The Labute approximate surface area is 395 Å². The molecule has 1 amide bonds. The monoisotopic (exact) mass is 931 g/mol. The van der Waals surface area contributed by atoms with Gasteiger partial charge in [-0.3, -0.25) is 0 Å². The summed E-state index contributed by atoms with van der Waals surface area (Å²) in [5.41, 5.74) is 2.97. The number of fused-ring (bicyclic) bond motifs is 1. The maximum absolute atomic E-state index is 13.9. The number of hydrogen-bond donors (Lipinski definition) is 2. The lowest BCUT2D eigenvalue weighted by atomic mass is 9.95. The predicted molar refractivity (Wildman–Crippen MR) is 245 cm³/mol. The van der Waals surface area contributed by atoms with Crippen LogP contribution < -0.4 is 5.32 Å². The zero-order chi connectivity index (χ0) is 47.1. The number of aliphatic hydroxyl groups excluding tert-OH is 1. The summed E-state index contributed by atoms with van der Waals surface area (Å²) in [5.74, 6) is -1.51. The van der Waals surface area contributed by atoms with Gasteiger partial charge < -0.3 is 57.8 Å². The van der Waals surface area contributed by atoms with Gasteiger partial charge in [-0.25, -0.2) is 14.4 Å². The van der Waals surface area contributed by atoms with E-state index in [1.165, 1.54) is 0 Å². The van der Waals surface area contributed by atoms with Gasteiger partial charge in [0.2, 0.25) is 0 Å². The van der Waals surface area contributed by atoms with E-state index in [2.05, 4.69) is 5.32 Å². The minimum atomic E-state index is -1.49. The molecule has 11 atom stereocenters. The lowest BCUT2D eigenvalue weighted by molar-refractivity contribution is -0.395. The van der Waals surface area contributed by atoms with Crippen LogP contribution in [0.3, 0.4) is 0 Å². The maximum Gasteiger partial charge on any atom is 0.407 e. The van der Waals surface area contributed by atoms with E-state index in [1.54, 1.807) is 67.6 Å². The van der Waals surface area contributed by atoms with Crippen LogP contribution in [0.15, 0.2) is 152 Å². The summed E-state index contributed by atoms with van der Waals surface area (Å²) in [7, 11) is 0. The normalized spacial score (nSPS) is 26.7. The molecule has 3 fully saturated rings. The standard InChI is InChI=1S/C53H57NO14/c1-35-42(55)44(65-48(56)38-24-12-4-13-25-38)47(66-49(57)39-26-14-5-15-27-39)52(63-35)68-45-43-41(34-61-50(67-43)40-28-16-6-17-29-40)64-51(46(45)60-32-36-20-8-2-9-21-36)59-31-19-7-18-30-54-53(58)62-33-37-22-10-3-11-23-37/h2-6,8-17,20-29,35,41-47,50-52,55H,7,18-19,30-34H2,1H3,(H,54,58)/t35-,41+,42-,43+,44+,45-,46+,47+,50?,51+,52-/m0/s1. The van der Waals surface area contributed by atoms with Crippen LogP contribution in [-0.4, -0.2) is 104 Å². The van der Waals surface area contributed by atoms with Crippen molar-refractivity contribution < 1.29 is 66.9 Å². The van der Waals surface area contributed by atoms with Gasteiger partial charge in [0.05, 0.1) is 30.4 Å². The van der Waals surface area contributed by atoms with E-state index in [1.807, 2.05) is 91.0 Å². The number of unbranched alkanes of at least 4 members (excludes halogenated alkanes) is 2. The summed E-state index contributed by atoms with van der Waals surface area (Å²) in [6, 6.07) is 45.1. The molecular weight excluding hydrogens is 875 g/mol. The zero-order valence-corrected chi connectivity index (χ0v) is 37.7. The van der Waals surface area contributed by atoms with Crippen LogP contribution >= 0.6 is 0 Å². The SMILES string of the molecule is C[C@@H]1O[C@@H](O[C@@H]2[C@@H](OCc3ccccc3)[C@H](OCCCCCNC(=O)OCc3ccccc3)O[C@@H]3COC(c4ccccc4)O[C@@H]23)[C@H](OC(=O)c2ccccc2)[C@H](OC(=O)c2ccccc2)[C@H]1O. The molecule has 8 rings (SSSR count). The molecule has 3 aliphatic rings. The quantitative estimate of drug-likeness (QED) is 0.0474. The number of carbonyl (C=O) groups excluding carboxylic acids is 3. The number of hydrogen-bond acceptors (Lipinski definition) is 14. The van der Waals surface area contributed by atoms with Gasteiger partial charge in [0.15, 0.2) is 31.1 Å². The molecular formula is C53H57NO14. The fourth-order valence-corrected chi connectivity index (χ4v) is 8.17. The van der Waals surface area contributed by atoms with Crippen molar-refractivity contribution in [3.63, 3.8) is 0 Å². The third-order valence-corrected chi connectivity index (χ3v) is 11.8. The lowest BCUT2D eigenvalue weighted by Crippen LogP contribution is -2.67. The number of alkyl carbamates (subject to hydrolysis) is 1. The van der Waals surface area contributed by atoms with Gasteiger partial charge in [-0.2, -0.15) is 0 Å². The molecule has 0 aromatic heterocycles. The Morgan fingerprint density at radius 2 is 1.18 bits per heavy atom. The maximum atomic E-state index is 13.9. The molecule has 3 heterocycles. The summed E-state index contributed by atoms with van der Waals surface area (Å²) in [5, 5.41) is 14.4. The third kappa shape index (κ3) is 12.9. The molecule has 5 aromatic rings. The number of nitrogens with one attached hydrogen (secondary N) is 1. The van der Waals surface area contributed by atoms with Gasteiger partial charge in [-0.05, 0) is 61.6 Å². The summed E-state index contributed by atoms with van der Waals surface area (Å²) in [6.45, 7) is 2.68. The van der Waals surface area contributed by atoms with E-state index < -0.39 is 85.7 Å². The molecule has 3 aliphatic heterocycles. The molecule has 0 saturated carbocycles. The molecule has 68 heavy (non-hydrogen) atoms. The minimum absolute atomic E-state index is 0.0891. The molecule has 0 radical (unpaired) electrons. The first-order valence-corrected chi connectivity index (χ1v) is 23.0. The van der Waals surface area contributed by atoms with E-state index in [4.69, 9.17) is 47.4 Å². The van der Waals surface area contributed by atoms with Crippen LogP contribution in [0.1, 0.15) is 69.9 Å². The second-order valence-corrected chi connectivity index (χ2v) is 16.7. The molecule has 15 nitrogen and oxygen atoms in total. The van der Waals surface area contributed by atoms with E-state index in [0.29, 0.717) is 25.8 Å². The molecule has 0 spiro atoms. The van der Waals surface area contributed by atoms with E-state index >= 15 is 0 Å². The number of benzene rings is 5. The highest BCUT2D eigenvalue weighted by atomic mass is 16.8. The van der Waals surface area contributed by atoms with E-state index in [0.717, 1.165) is 16.7 Å². The van der Waals surface area contributed by atoms with Crippen molar-refractivity contribution in [1.29, 1.82) is 0 Å². The molecule has 3 saturated heterocycles. The Morgan fingerprint density at radius 3 is 1.81 bits per heavy atom. The largest absolute Gasteiger partial charge is 0.452 e. The van der Waals surface area contributed by atoms with Crippen LogP contribution in [0, 0.1) is 0 Å². The molecule has 2 N–H and O–H groups in total. The average Bonchev–Trinajstić information content (AvgIpc) is 3.38. The first-order chi connectivity index (χ1) is 33.3. The molecule has 1 unspecified atom stereocenters. The molecule has 0 bridgehead atoms. The average molecular weight is 932 g/mol. The van der Waals surface area contributed by atoms with Crippen molar-refractivity contribution in [3.05, 3.63) is 179 Å². The van der Waals surface area contributed by atoms with Crippen LogP contribution in [0.5, 0.6) is 0 Å². The Hall–Kier alpha value is -6.01. The van der Waals surface area contributed by atoms with Crippen LogP contribution in [0.4, 0.5) is 4.79 Å². The molecule has 15 heteroatoms. The molecule has 5 aromatic carbocycles. The van der Waals surface area contributed by atoms with E-state index in [-0.39, 0.29) is 37.6 Å². The third-order valence-electron chi connectivity index (χ3n) is 11.8. The van der Waals surface area contributed by atoms with Crippen molar-refractivity contribution in [1.82, 2.24) is 5.32 Å². The van der Waals surface area contributed by atoms with Crippen molar-refractivity contribution in [2.75, 3.05) is 19.8 Å². The van der Waals surface area contributed by atoms with Gasteiger partial charge in [-0.1, -0.05) is 127 Å². The second-order valence-electron chi connectivity index (χ2n) is 16.7. The Morgan fingerprint density at radius 1 is 0.603 bits per heavy atom. The van der Waals surface area contributed by atoms with Gasteiger partial charge in [-0.15, -0.1) is 0 Å². The summed E-state index contributed by atoms with van der Waals surface area (Å²) >= 11 is 0. The van der Waals surface area contributed by atoms with E-state index in [9.17, 15) is 19.5 Å². The minimum Gasteiger partial charge on any atom is -0.452 e. The fourth-order valence-electron chi connectivity index (χ4n) is 8.17. The number of rotatable bonds is 19. The highest BCUT2D eigenvalue weighted by Crippen LogP contribution is 2.39. The first-order valence-electron chi connectivity index (χ1n) is 23.0. The summed E-state index contributed by atoms with van der Waals surface area (Å²) < 4.78 is 63.7. The number of amides is 1. The Bertz CT molecular complexity index is 2310. The van der Waals surface area contributed by atoms with Gasteiger partial charge in [0, 0.05) is 18.7 Å². The van der Waals surface area contributed by atoms with Crippen molar-refractivity contribution in [2.24, 2.45) is 0 Å². The highest BCUT2D eigenvalue weighted by Gasteiger charge is 2.56. The number of carbonyl (C=O) groups is 3. The summed E-state index contributed by atoms with van der Waals surface area (Å²) in [6.07, 6.45) is -10.8. The van der Waals surface area contributed by atoms with Crippen molar-refractivity contribution in [2.45, 2.75) is 107 Å². The zero-order valence-electron chi connectivity index (χ0n) is 37.7. The second kappa shape index (κ2) is 24.3. The van der Waals surface area contributed by atoms with Gasteiger partial charge in [0.25, 0.3) is 0 Å². The smallest absolute Gasteiger partial charge is 0.407 e. The van der Waals surface area contributed by atoms with Crippen LogP contribution in [0.25, 0.3) is 0 Å². The molecule has 0 aliphatic carbocycles. The van der Waals surface area contributed by atoms with Gasteiger partial charge in [0.1, 0.15) is 37.1 Å². The lowest BCUT2D eigenvalue weighted by Gasteiger charge is -2.51. The number of esters is 2. The fraction of sp³-hybridized carbons (Fsp3) is 0.377. The summed E-state index contributed by atoms with van der Waals surface area (Å²) in [4.78, 5) is 39.9. The first kappa shape index (κ1) is 48.4. The van der Waals surface area contributed by atoms with Crippen molar-refractivity contribution >= 4 is 18.0 Å². The van der Waals surface area contributed by atoms with Crippen LogP contribution in [-0.2, 0) is 60.6 Å². The molecule has 358 valence electrons.